The second-order valence-corrected chi connectivity index (χ2v) is 5.17. The van der Waals surface area contributed by atoms with E-state index in [4.69, 9.17) is 9.47 Å². The smallest absolute Gasteiger partial charge is 0.409 e. The Morgan fingerprint density at radius 2 is 2.05 bits per heavy atom. The van der Waals surface area contributed by atoms with Gasteiger partial charge in [0, 0.05) is 24.7 Å². The Hall–Kier alpha value is -2.24. The van der Waals surface area contributed by atoms with Crippen molar-refractivity contribution in [2.24, 2.45) is 0 Å². The van der Waals surface area contributed by atoms with Crippen LogP contribution in [0, 0.1) is 0 Å². The molecule has 0 spiro atoms. The maximum atomic E-state index is 12.2. The van der Waals surface area contributed by atoms with Crippen molar-refractivity contribution in [3.05, 3.63) is 29.8 Å². The number of nitrogens with zero attached hydrogens (tertiary/aromatic N) is 1. The Morgan fingerprint density at radius 3 is 2.68 bits per heavy atom. The van der Waals surface area contributed by atoms with Gasteiger partial charge in [-0.15, -0.1) is 0 Å². The molecule has 1 saturated heterocycles. The molecule has 1 aromatic carbocycles. The van der Waals surface area contributed by atoms with Crippen LogP contribution in [-0.4, -0.2) is 49.7 Å². The lowest BCUT2D eigenvalue weighted by Gasteiger charge is -2.31. The van der Waals surface area contributed by atoms with Gasteiger partial charge in [0.2, 0.25) is 0 Å². The number of ether oxygens (including phenoxy) is 2. The standard InChI is InChI=1S/C16H22N2O4/c1-3-22-16(20)18-9-7-13(8-10-18)17-15(19)12-5-4-6-14(11-12)21-2/h4-6,11,13H,3,7-10H2,1-2H3,(H,17,19). The first-order chi connectivity index (χ1) is 10.6. The molecule has 0 aliphatic carbocycles. The predicted octanol–water partition coefficient (Wildman–Crippen LogP) is 2.05. The second-order valence-electron chi connectivity index (χ2n) is 5.17. The topological polar surface area (TPSA) is 67.9 Å². The number of amides is 2. The van der Waals surface area contributed by atoms with Gasteiger partial charge in [0.05, 0.1) is 13.7 Å². The van der Waals surface area contributed by atoms with E-state index in [1.54, 1.807) is 43.2 Å². The molecule has 120 valence electrons. The minimum atomic E-state index is -0.278. The highest BCUT2D eigenvalue weighted by atomic mass is 16.6. The second kappa shape index (κ2) is 7.68. The summed E-state index contributed by atoms with van der Waals surface area (Å²) in [5, 5.41) is 3.00. The van der Waals surface area contributed by atoms with Crippen LogP contribution in [0.4, 0.5) is 4.79 Å². The molecule has 6 nitrogen and oxygen atoms in total. The number of likely N-dealkylation sites (tertiary alicyclic amines) is 1. The van der Waals surface area contributed by atoms with Gasteiger partial charge in [-0.3, -0.25) is 4.79 Å². The molecule has 1 aliphatic heterocycles. The van der Waals surface area contributed by atoms with E-state index in [0.29, 0.717) is 31.0 Å². The van der Waals surface area contributed by atoms with Crippen molar-refractivity contribution in [3.8, 4) is 5.75 Å². The van der Waals surface area contributed by atoms with Crippen molar-refractivity contribution in [2.75, 3.05) is 26.8 Å². The molecular formula is C16H22N2O4. The SMILES string of the molecule is CCOC(=O)N1CCC(NC(=O)c2cccc(OC)c2)CC1. The Kier molecular flexibility index (Phi) is 5.63. The molecule has 2 amide bonds. The monoisotopic (exact) mass is 306 g/mol. The molecule has 0 saturated carbocycles. The van der Waals surface area contributed by atoms with E-state index in [1.807, 2.05) is 0 Å². The molecule has 0 atom stereocenters. The van der Waals surface area contributed by atoms with E-state index < -0.39 is 0 Å². The molecule has 1 fully saturated rings. The van der Waals surface area contributed by atoms with E-state index in [9.17, 15) is 9.59 Å². The summed E-state index contributed by atoms with van der Waals surface area (Å²) >= 11 is 0. The fourth-order valence-corrected chi connectivity index (χ4v) is 2.45. The zero-order valence-corrected chi connectivity index (χ0v) is 13.0. The summed E-state index contributed by atoms with van der Waals surface area (Å²) in [6.45, 7) is 3.37. The van der Waals surface area contributed by atoms with Gasteiger partial charge in [-0.05, 0) is 38.0 Å². The van der Waals surface area contributed by atoms with Gasteiger partial charge in [0.1, 0.15) is 5.75 Å². The molecule has 0 unspecified atom stereocenters. The van der Waals surface area contributed by atoms with Crippen LogP contribution >= 0.6 is 0 Å². The summed E-state index contributed by atoms with van der Waals surface area (Å²) in [5.74, 6) is 0.540. The lowest BCUT2D eigenvalue weighted by atomic mass is 10.0. The third kappa shape index (κ3) is 4.13. The minimum absolute atomic E-state index is 0.0735. The normalized spacial score (nSPS) is 15.3. The third-order valence-corrected chi connectivity index (χ3v) is 3.69. The summed E-state index contributed by atoms with van der Waals surface area (Å²) in [6.07, 6.45) is 1.18. The number of hydrogen-bond donors (Lipinski definition) is 1. The van der Waals surface area contributed by atoms with Crippen molar-refractivity contribution in [3.63, 3.8) is 0 Å². The van der Waals surface area contributed by atoms with Crippen LogP contribution in [0.2, 0.25) is 0 Å². The average Bonchev–Trinajstić information content (AvgIpc) is 2.55. The van der Waals surface area contributed by atoms with Crippen LogP contribution in [-0.2, 0) is 4.74 Å². The molecule has 2 rings (SSSR count). The van der Waals surface area contributed by atoms with E-state index in [2.05, 4.69) is 5.32 Å². The van der Waals surface area contributed by atoms with Crippen LogP contribution in [0.15, 0.2) is 24.3 Å². The number of hydrogen-bond acceptors (Lipinski definition) is 4. The van der Waals surface area contributed by atoms with Gasteiger partial charge in [0.25, 0.3) is 5.91 Å². The predicted molar refractivity (Wildman–Crippen MR) is 82.1 cm³/mol. The number of rotatable bonds is 4. The molecule has 0 aromatic heterocycles. The highest BCUT2D eigenvalue weighted by Gasteiger charge is 2.24. The number of carbonyl (C=O) groups excluding carboxylic acids is 2. The maximum absolute atomic E-state index is 12.2. The fraction of sp³-hybridized carbons (Fsp3) is 0.500. The average molecular weight is 306 g/mol. The molecule has 22 heavy (non-hydrogen) atoms. The van der Waals surface area contributed by atoms with E-state index in [-0.39, 0.29) is 18.0 Å². The fourth-order valence-electron chi connectivity index (χ4n) is 2.45. The molecule has 1 heterocycles. The van der Waals surface area contributed by atoms with Crippen LogP contribution in [0.25, 0.3) is 0 Å². The maximum Gasteiger partial charge on any atom is 0.409 e. The van der Waals surface area contributed by atoms with Gasteiger partial charge < -0.3 is 19.7 Å². The third-order valence-electron chi connectivity index (χ3n) is 3.69. The number of piperidine rings is 1. The van der Waals surface area contributed by atoms with Crippen LogP contribution in [0.5, 0.6) is 5.75 Å². The van der Waals surface area contributed by atoms with Crippen molar-refractivity contribution >= 4 is 12.0 Å². The van der Waals surface area contributed by atoms with Crippen molar-refractivity contribution in [2.45, 2.75) is 25.8 Å². The van der Waals surface area contributed by atoms with Crippen molar-refractivity contribution in [1.29, 1.82) is 0 Å². The highest BCUT2D eigenvalue weighted by Crippen LogP contribution is 2.15. The molecule has 1 aromatic rings. The summed E-state index contributed by atoms with van der Waals surface area (Å²) in [5.41, 5.74) is 0.576. The first kappa shape index (κ1) is 16.1. The number of carbonyl (C=O) groups is 2. The summed E-state index contributed by atoms with van der Waals surface area (Å²) < 4.78 is 10.1. The van der Waals surface area contributed by atoms with Crippen molar-refractivity contribution in [1.82, 2.24) is 10.2 Å². The Morgan fingerprint density at radius 1 is 1.32 bits per heavy atom. The minimum Gasteiger partial charge on any atom is -0.497 e. The Bertz CT molecular complexity index is 525. The molecule has 0 radical (unpaired) electrons. The van der Waals surface area contributed by atoms with Crippen molar-refractivity contribution < 1.29 is 19.1 Å². The Balaban J connectivity index is 1.85. The van der Waals surface area contributed by atoms with Gasteiger partial charge >= 0.3 is 6.09 Å². The Labute approximate surface area is 130 Å². The summed E-state index contributed by atoms with van der Waals surface area (Å²) in [6, 6.07) is 7.13. The summed E-state index contributed by atoms with van der Waals surface area (Å²) in [4.78, 5) is 25.5. The largest absolute Gasteiger partial charge is 0.497 e. The zero-order valence-electron chi connectivity index (χ0n) is 13.0. The number of methoxy groups -OCH3 is 1. The van der Waals surface area contributed by atoms with E-state index >= 15 is 0 Å². The van der Waals surface area contributed by atoms with Gasteiger partial charge in [-0.25, -0.2) is 4.79 Å². The number of nitrogens with one attached hydrogen (secondary N) is 1. The van der Waals surface area contributed by atoms with Gasteiger partial charge in [0.15, 0.2) is 0 Å². The van der Waals surface area contributed by atoms with Crippen LogP contribution in [0.3, 0.4) is 0 Å². The molecular weight excluding hydrogens is 284 g/mol. The quantitative estimate of drug-likeness (QED) is 0.924. The lowest BCUT2D eigenvalue weighted by Crippen LogP contribution is -2.46. The number of benzene rings is 1. The highest BCUT2D eigenvalue weighted by molar-refractivity contribution is 5.94. The summed E-state index contributed by atoms with van der Waals surface area (Å²) in [7, 11) is 1.57. The van der Waals surface area contributed by atoms with Gasteiger partial charge in [-0.1, -0.05) is 6.07 Å². The molecule has 1 N–H and O–H groups in total. The van der Waals surface area contributed by atoms with E-state index in [1.165, 1.54) is 0 Å². The first-order valence-corrected chi connectivity index (χ1v) is 7.50. The van der Waals surface area contributed by atoms with E-state index in [0.717, 1.165) is 12.8 Å². The van der Waals surface area contributed by atoms with Crippen LogP contribution in [0.1, 0.15) is 30.1 Å². The molecule has 6 heteroatoms. The first-order valence-electron chi connectivity index (χ1n) is 7.50. The molecule has 0 bridgehead atoms. The van der Waals surface area contributed by atoms with Crippen LogP contribution < -0.4 is 10.1 Å². The lowest BCUT2D eigenvalue weighted by molar-refractivity contribution is 0.0860. The van der Waals surface area contributed by atoms with Gasteiger partial charge in [-0.2, -0.15) is 0 Å². The molecule has 1 aliphatic rings. The zero-order chi connectivity index (χ0) is 15.9.